The second kappa shape index (κ2) is 16.9. The summed E-state index contributed by atoms with van der Waals surface area (Å²) in [6.07, 6.45) is 7.66. The van der Waals surface area contributed by atoms with Gasteiger partial charge in [0.05, 0.1) is 40.0 Å². The number of alkyl carbamates (subject to hydrolysis) is 1. The maximum absolute atomic E-state index is 14.4. The normalized spacial score (nSPS) is 27.5. The largest absolute Gasteiger partial charge is 0.443 e. The lowest BCUT2D eigenvalue weighted by molar-refractivity contribution is -0.139. The molecule has 55 heavy (non-hydrogen) atoms. The van der Waals surface area contributed by atoms with Crippen LogP contribution in [0.3, 0.4) is 0 Å². The van der Waals surface area contributed by atoms with Crippen LogP contribution < -0.4 is 10.6 Å². The standard InChI is InChI=1S/C41H57N5O7S2/c1-26(2)23-46(55(49,50)32-14-15-33-37(22-32)54-40(43-33)42-30-16-18-45(19-17-30)31-10-6-7-11-31)24-35(47)34(20-27-8-4-3-5-9-27)44-41(48)53-38-29-13-12-28-21-36(38)52-39(28)51-25-29/h3-5,8-9,14-15,22,26,28-31,34-36,38-39,47H,6-7,10-13,16-21,23-25H2,1-2H3,(H,42,43)(H,44,48). The van der Waals surface area contributed by atoms with Crippen molar-refractivity contribution < 1.29 is 32.5 Å². The van der Waals surface area contributed by atoms with E-state index >= 15 is 0 Å². The first-order valence-corrected chi connectivity index (χ1v) is 22.7. The molecule has 1 amide bonds. The number of aliphatic hydroxyl groups excluding tert-OH is 1. The van der Waals surface area contributed by atoms with Gasteiger partial charge in [0.2, 0.25) is 10.0 Å². The molecule has 14 heteroatoms. The summed E-state index contributed by atoms with van der Waals surface area (Å²) in [4.78, 5) is 21.2. The van der Waals surface area contributed by atoms with E-state index in [-0.39, 0.29) is 48.6 Å². The maximum Gasteiger partial charge on any atom is 0.407 e. The quantitative estimate of drug-likeness (QED) is 0.178. The number of ether oxygens (including phenoxy) is 3. The fraction of sp³-hybridized carbons (Fsp3) is 0.659. The highest BCUT2D eigenvalue weighted by Gasteiger charge is 2.50. The molecule has 1 aromatic heterocycles. The minimum atomic E-state index is -4.04. The summed E-state index contributed by atoms with van der Waals surface area (Å²) < 4.78 is 49.1. The molecule has 0 spiro atoms. The van der Waals surface area contributed by atoms with E-state index in [4.69, 9.17) is 19.2 Å². The number of aliphatic hydroxyl groups is 1. The average Bonchev–Trinajstić information content (AvgIpc) is 3.86. The molecule has 2 aromatic carbocycles. The van der Waals surface area contributed by atoms with E-state index in [0.717, 1.165) is 72.1 Å². The maximum atomic E-state index is 14.4. The van der Waals surface area contributed by atoms with Crippen LogP contribution in [0, 0.1) is 17.8 Å². The first-order chi connectivity index (χ1) is 26.6. The second-order valence-corrected chi connectivity index (χ2v) is 19.8. The molecule has 3 aromatic rings. The van der Waals surface area contributed by atoms with Crippen molar-refractivity contribution in [1.29, 1.82) is 0 Å². The third-order valence-electron chi connectivity index (χ3n) is 12.4. The lowest BCUT2D eigenvalue weighted by Crippen LogP contribution is -2.52. The number of hydrogen-bond donors (Lipinski definition) is 3. The van der Waals surface area contributed by atoms with Gasteiger partial charge in [-0.2, -0.15) is 4.31 Å². The number of aromatic nitrogens is 1. The highest BCUT2D eigenvalue weighted by molar-refractivity contribution is 7.89. The van der Waals surface area contributed by atoms with Crippen molar-refractivity contribution in [3.63, 3.8) is 0 Å². The van der Waals surface area contributed by atoms with Crippen molar-refractivity contribution in [3.05, 3.63) is 54.1 Å². The highest BCUT2D eigenvalue weighted by Crippen LogP contribution is 2.44. The number of benzene rings is 2. The monoisotopic (exact) mass is 795 g/mol. The van der Waals surface area contributed by atoms with Gasteiger partial charge in [0.15, 0.2) is 11.4 Å². The molecule has 7 unspecified atom stereocenters. The summed E-state index contributed by atoms with van der Waals surface area (Å²) in [7, 11) is -4.04. The zero-order valence-corrected chi connectivity index (χ0v) is 33.7. The number of anilines is 1. The van der Waals surface area contributed by atoms with E-state index in [9.17, 15) is 18.3 Å². The molecule has 2 saturated carbocycles. The second-order valence-electron chi connectivity index (χ2n) is 16.8. The van der Waals surface area contributed by atoms with E-state index in [1.165, 1.54) is 41.3 Å². The molecule has 4 bridgehead atoms. The number of thiazole rings is 1. The number of carbonyl (C=O) groups is 1. The Labute approximate surface area is 329 Å². The Morgan fingerprint density at radius 1 is 1.04 bits per heavy atom. The minimum absolute atomic E-state index is 0.0153. The number of amides is 1. The van der Waals surface area contributed by atoms with Gasteiger partial charge in [0, 0.05) is 50.1 Å². The molecule has 9 rings (SSSR count). The summed E-state index contributed by atoms with van der Waals surface area (Å²) in [5.74, 6) is 0.344. The lowest BCUT2D eigenvalue weighted by atomic mass is 9.96. The molecule has 12 nitrogen and oxygen atoms in total. The summed E-state index contributed by atoms with van der Waals surface area (Å²) in [5, 5.41) is 19.2. The van der Waals surface area contributed by atoms with Crippen molar-refractivity contribution in [1.82, 2.24) is 19.5 Å². The number of hydrogen-bond acceptors (Lipinski definition) is 11. The summed E-state index contributed by atoms with van der Waals surface area (Å²) >= 11 is 1.48. The third-order valence-corrected chi connectivity index (χ3v) is 15.2. The number of likely N-dealkylation sites (tertiary alicyclic amines) is 1. The predicted octanol–water partition coefficient (Wildman–Crippen LogP) is 6.00. The molecule has 0 radical (unpaired) electrons. The number of fused-ring (bicyclic) bond motifs is 3. The van der Waals surface area contributed by atoms with Crippen molar-refractivity contribution in [2.45, 2.75) is 126 Å². The van der Waals surface area contributed by atoms with Crippen LogP contribution in [-0.2, 0) is 30.7 Å². The zero-order valence-electron chi connectivity index (χ0n) is 32.1. The Kier molecular flexibility index (Phi) is 12.0. The van der Waals surface area contributed by atoms with Crippen LogP contribution in [0.2, 0.25) is 0 Å². The van der Waals surface area contributed by atoms with Crippen LogP contribution >= 0.6 is 11.3 Å². The summed E-state index contributed by atoms with van der Waals surface area (Å²) in [5.41, 5.74) is 1.65. The van der Waals surface area contributed by atoms with Crippen molar-refractivity contribution in [3.8, 4) is 0 Å². The molecule has 6 fully saturated rings. The molecule has 2 aliphatic carbocycles. The van der Waals surface area contributed by atoms with Crippen LogP contribution in [-0.4, -0.2) is 109 Å². The number of rotatable bonds is 14. The zero-order chi connectivity index (χ0) is 38.1. The van der Waals surface area contributed by atoms with Gasteiger partial charge in [0.1, 0.15) is 6.10 Å². The Balaban J connectivity index is 0.956. The fourth-order valence-electron chi connectivity index (χ4n) is 9.46. The Bertz CT molecular complexity index is 1850. The molecule has 4 aliphatic heterocycles. The number of nitrogens with one attached hydrogen (secondary N) is 2. The number of piperidine rings is 1. The van der Waals surface area contributed by atoms with Crippen LogP contribution in [0.15, 0.2) is 53.4 Å². The van der Waals surface area contributed by atoms with Gasteiger partial charge >= 0.3 is 6.09 Å². The van der Waals surface area contributed by atoms with Crippen LogP contribution in [0.1, 0.15) is 77.2 Å². The number of carbonyl (C=O) groups excluding carboxylic acids is 1. The van der Waals surface area contributed by atoms with E-state index in [1.54, 1.807) is 18.2 Å². The molecule has 4 saturated heterocycles. The molecule has 3 N–H and O–H groups in total. The molecule has 5 heterocycles. The molecule has 6 aliphatic rings. The highest BCUT2D eigenvalue weighted by atomic mass is 32.2. The lowest BCUT2D eigenvalue weighted by Gasteiger charge is -2.36. The average molecular weight is 796 g/mol. The smallest absolute Gasteiger partial charge is 0.407 e. The van der Waals surface area contributed by atoms with Crippen molar-refractivity contribution in [2.24, 2.45) is 17.8 Å². The molecular formula is C41H57N5O7S2. The number of nitrogens with zero attached hydrogens (tertiary/aromatic N) is 3. The number of sulfonamides is 1. The molecule has 300 valence electrons. The van der Waals surface area contributed by atoms with E-state index in [0.29, 0.717) is 18.6 Å². The van der Waals surface area contributed by atoms with Crippen LogP contribution in [0.25, 0.3) is 10.2 Å². The van der Waals surface area contributed by atoms with E-state index in [2.05, 4.69) is 15.5 Å². The Morgan fingerprint density at radius 2 is 1.80 bits per heavy atom. The first-order valence-electron chi connectivity index (χ1n) is 20.5. The first kappa shape index (κ1) is 39.0. The van der Waals surface area contributed by atoms with Crippen LogP contribution in [0.5, 0.6) is 0 Å². The summed E-state index contributed by atoms with van der Waals surface area (Å²) in [6.45, 7) is 6.58. The minimum Gasteiger partial charge on any atom is -0.443 e. The summed E-state index contributed by atoms with van der Waals surface area (Å²) in [6, 6.07) is 14.9. The van der Waals surface area contributed by atoms with Gasteiger partial charge in [-0.1, -0.05) is 68.4 Å². The van der Waals surface area contributed by atoms with Gasteiger partial charge in [-0.3, -0.25) is 0 Å². The molecule has 7 atom stereocenters. The Hall–Kier alpha value is -2.85. The molecular weight excluding hydrogens is 739 g/mol. The Morgan fingerprint density at radius 3 is 2.56 bits per heavy atom. The SMILES string of the molecule is CC(C)CN(CC(O)C(Cc1ccccc1)NC(=O)OC1C2CCC3CC1OC3OC2)S(=O)(=O)c1ccc2nc(NC3CCN(C4CCCC4)CC3)sc2c1. The van der Waals surface area contributed by atoms with Crippen LogP contribution in [0.4, 0.5) is 9.93 Å². The predicted molar refractivity (Wildman–Crippen MR) is 212 cm³/mol. The third kappa shape index (κ3) is 9.00. The van der Waals surface area contributed by atoms with Gasteiger partial charge < -0.3 is 34.9 Å². The topological polar surface area (TPSA) is 143 Å². The van der Waals surface area contributed by atoms with Gasteiger partial charge in [-0.05, 0) is 81.0 Å². The van der Waals surface area contributed by atoms with Crippen molar-refractivity contribution in [2.75, 3.05) is 38.1 Å². The fourth-order valence-corrected chi connectivity index (χ4v) is 12.2. The van der Waals surface area contributed by atoms with Gasteiger partial charge in [0.25, 0.3) is 0 Å². The van der Waals surface area contributed by atoms with Crippen molar-refractivity contribution >= 4 is 42.8 Å². The van der Waals surface area contributed by atoms with Gasteiger partial charge in [-0.25, -0.2) is 18.2 Å². The van der Waals surface area contributed by atoms with E-state index < -0.39 is 34.4 Å². The van der Waals surface area contributed by atoms with E-state index in [1.807, 2.05) is 44.2 Å². The van der Waals surface area contributed by atoms with Gasteiger partial charge in [-0.15, -0.1) is 0 Å².